The van der Waals surface area contributed by atoms with Crippen LogP contribution in [0, 0.1) is 13.8 Å². The summed E-state index contributed by atoms with van der Waals surface area (Å²) in [5, 5.41) is 6.83. The highest BCUT2D eigenvalue weighted by Gasteiger charge is 2.23. The SMILES string of the molecule is CCn1nc(C)c(-c2csc(N)c2C(=O)OC)c1C. The first-order valence-electron chi connectivity index (χ1n) is 6.00. The van der Waals surface area contributed by atoms with Crippen molar-refractivity contribution in [2.24, 2.45) is 0 Å². The second-order valence-corrected chi connectivity index (χ2v) is 5.15. The molecule has 2 N–H and O–H groups in total. The Balaban J connectivity index is 2.66. The average Bonchev–Trinajstić information content (AvgIpc) is 2.89. The van der Waals surface area contributed by atoms with Crippen LogP contribution in [0.2, 0.25) is 0 Å². The van der Waals surface area contributed by atoms with E-state index in [-0.39, 0.29) is 0 Å². The molecule has 2 heterocycles. The number of hydrogen-bond acceptors (Lipinski definition) is 5. The van der Waals surface area contributed by atoms with Gasteiger partial charge >= 0.3 is 5.97 Å². The van der Waals surface area contributed by atoms with Crippen LogP contribution in [0.25, 0.3) is 11.1 Å². The van der Waals surface area contributed by atoms with Gasteiger partial charge in [0.25, 0.3) is 0 Å². The first kappa shape index (κ1) is 13.6. The molecule has 0 amide bonds. The van der Waals surface area contributed by atoms with E-state index in [1.165, 1.54) is 18.4 Å². The Morgan fingerprint density at radius 1 is 1.53 bits per heavy atom. The lowest BCUT2D eigenvalue weighted by molar-refractivity contribution is 0.0603. The Morgan fingerprint density at radius 2 is 2.21 bits per heavy atom. The molecule has 0 aliphatic heterocycles. The van der Waals surface area contributed by atoms with Crippen LogP contribution in [-0.2, 0) is 11.3 Å². The molecule has 0 atom stereocenters. The molecule has 6 heteroatoms. The molecule has 0 fully saturated rings. The number of thiophene rings is 1. The van der Waals surface area contributed by atoms with Gasteiger partial charge in [-0.15, -0.1) is 11.3 Å². The monoisotopic (exact) mass is 279 g/mol. The molecule has 0 saturated heterocycles. The number of hydrogen-bond donors (Lipinski definition) is 1. The van der Waals surface area contributed by atoms with Crippen LogP contribution in [0.4, 0.5) is 5.00 Å². The topological polar surface area (TPSA) is 70.1 Å². The number of carbonyl (C=O) groups excluding carboxylic acids is 1. The lowest BCUT2D eigenvalue weighted by Crippen LogP contribution is -2.05. The van der Waals surface area contributed by atoms with Crippen molar-refractivity contribution >= 4 is 22.3 Å². The molecule has 0 aliphatic rings. The van der Waals surface area contributed by atoms with Gasteiger partial charge in [-0.2, -0.15) is 5.10 Å². The van der Waals surface area contributed by atoms with Crippen molar-refractivity contribution in [2.45, 2.75) is 27.3 Å². The second kappa shape index (κ2) is 5.05. The van der Waals surface area contributed by atoms with Gasteiger partial charge in [0.15, 0.2) is 0 Å². The van der Waals surface area contributed by atoms with Gasteiger partial charge in [-0.3, -0.25) is 4.68 Å². The number of aryl methyl sites for hydroxylation is 2. The molecule has 2 aromatic heterocycles. The van der Waals surface area contributed by atoms with Gasteiger partial charge < -0.3 is 10.5 Å². The maximum Gasteiger partial charge on any atom is 0.341 e. The molecule has 0 saturated carbocycles. The summed E-state index contributed by atoms with van der Waals surface area (Å²) in [6.07, 6.45) is 0. The lowest BCUT2D eigenvalue weighted by Gasteiger charge is -2.05. The second-order valence-electron chi connectivity index (χ2n) is 4.24. The van der Waals surface area contributed by atoms with Crippen LogP contribution in [0.3, 0.4) is 0 Å². The first-order valence-corrected chi connectivity index (χ1v) is 6.88. The lowest BCUT2D eigenvalue weighted by atomic mass is 10.0. The number of rotatable bonds is 3. The summed E-state index contributed by atoms with van der Waals surface area (Å²) < 4.78 is 6.73. The van der Waals surface area contributed by atoms with Crippen molar-refractivity contribution in [3.8, 4) is 11.1 Å². The zero-order valence-corrected chi connectivity index (χ0v) is 12.3. The van der Waals surface area contributed by atoms with E-state index in [9.17, 15) is 4.79 Å². The molecule has 2 rings (SSSR count). The number of ether oxygens (including phenoxy) is 1. The molecule has 0 spiro atoms. The Labute approximate surface area is 116 Å². The third kappa shape index (κ3) is 2.12. The van der Waals surface area contributed by atoms with E-state index in [0.29, 0.717) is 10.6 Å². The summed E-state index contributed by atoms with van der Waals surface area (Å²) in [6.45, 7) is 6.75. The number of aromatic nitrogens is 2. The normalized spacial score (nSPS) is 10.7. The minimum Gasteiger partial charge on any atom is -0.465 e. The Morgan fingerprint density at radius 3 is 2.74 bits per heavy atom. The van der Waals surface area contributed by atoms with E-state index in [2.05, 4.69) is 5.10 Å². The van der Waals surface area contributed by atoms with E-state index < -0.39 is 5.97 Å². The van der Waals surface area contributed by atoms with E-state index in [4.69, 9.17) is 10.5 Å². The summed E-state index contributed by atoms with van der Waals surface area (Å²) in [7, 11) is 1.36. The summed E-state index contributed by atoms with van der Waals surface area (Å²) >= 11 is 1.34. The van der Waals surface area contributed by atoms with E-state index >= 15 is 0 Å². The minimum absolute atomic E-state index is 0.406. The standard InChI is InChI=1S/C13H17N3O2S/c1-5-16-8(3)10(7(2)15-16)9-6-19-12(14)11(9)13(17)18-4/h6H,5,14H2,1-4H3. The van der Waals surface area contributed by atoms with Gasteiger partial charge in [0.1, 0.15) is 10.6 Å². The van der Waals surface area contributed by atoms with Crippen LogP contribution in [-0.4, -0.2) is 22.9 Å². The number of esters is 1. The minimum atomic E-state index is -0.406. The number of carbonyl (C=O) groups is 1. The third-order valence-corrected chi connectivity index (χ3v) is 3.97. The maximum atomic E-state index is 11.9. The summed E-state index contributed by atoms with van der Waals surface area (Å²) in [5.74, 6) is -0.406. The highest BCUT2D eigenvalue weighted by Crippen LogP contribution is 2.37. The van der Waals surface area contributed by atoms with Gasteiger partial charge in [0.05, 0.1) is 12.8 Å². The molecule has 0 aliphatic carbocycles. The molecular weight excluding hydrogens is 262 g/mol. The average molecular weight is 279 g/mol. The number of nitrogens with two attached hydrogens (primary N) is 1. The van der Waals surface area contributed by atoms with Crippen LogP contribution >= 0.6 is 11.3 Å². The Bertz CT molecular complexity index is 628. The number of nitrogens with zero attached hydrogens (tertiary/aromatic N) is 2. The molecule has 5 nitrogen and oxygen atoms in total. The van der Waals surface area contributed by atoms with Gasteiger partial charge in [-0.1, -0.05) is 0 Å². The van der Waals surface area contributed by atoms with Crippen molar-refractivity contribution in [3.63, 3.8) is 0 Å². The van der Waals surface area contributed by atoms with E-state index in [1.54, 1.807) is 0 Å². The van der Waals surface area contributed by atoms with Crippen molar-refractivity contribution in [2.75, 3.05) is 12.8 Å². The molecule has 0 unspecified atom stereocenters. The zero-order chi connectivity index (χ0) is 14.2. The smallest absolute Gasteiger partial charge is 0.341 e. The fourth-order valence-electron chi connectivity index (χ4n) is 2.26. The van der Waals surface area contributed by atoms with Crippen molar-refractivity contribution < 1.29 is 9.53 Å². The molecule has 0 radical (unpaired) electrons. The largest absolute Gasteiger partial charge is 0.465 e. The maximum absolute atomic E-state index is 11.9. The number of anilines is 1. The molecule has 102 valence electrons. The van der Waals surface area contributed by atoms with Gasteiger partial charge in [-0.25, -0.2) is 4.79 Å². The summed E-state index contributed by atoms with van der Waals surface area (Å²) in [6, 6.07) is 0. The Hall–Kier alpha value is -1.82. The van der Waals surface area contributed by atoms with E-state index in [0.717, 1.165) is 29.1 Å². The van der Waals surface area contributed by atoms with Crippen molar-refractivity contribution in [1.29, 1.82) is 0 Å². The fraction of sp³-hybridized carbons (Fsp3) is 0.385. The predicted molar refractivity (Wildman–Crippen MR) is 76.4 cm³/mol. The fourth-order valence-corrected chi connectivity index (χ4v) is 3.06. The van der Waals surface area contributed by atoms with Gasteiger partial charge in [-0.05, 0) is 20.8 Å². The quantitative estimate of drug-likeness (QED) is 0.877. The van der Waals surface area contributed by atoms with Crippen molar-refractivity contribution in [1.82, 2.24) is 9.78 Å². The van der Waals surface area contributed by atoms with Crippen LogP contribution in [0.1, 0.15) is 28.7 Å². The molecule has 0 bridgehead atoms. The first-order chi connectivity index (χ1) is 9.01. The van der Waals surface area contributed by atoms with Crippen LogP contribution < -0.4 is 5.73 Å². The highest BCUT2D eigenvalue weighted by atomic mass is 32.1. The molecule has 0 aromatic carbocycles. The summed E-state index contributed by atoms with van der Waals surface area (Å²) in [5.41, 5.74) is 10.0. The number of methoxy groups -OCH3 is 1. The van der Waals surface area contributed by atoms with Crippen LogP contribution in [0.5, 0.6) is 0 Å². The predicted octanol–water partition coefficient (Wildman–Crippen LogP) is 2.62. The zero-order valence-electron chi connectivity index (χ0n) is 11.5. The molecule has 19 heavy (non-hydrogen) atoms. The third-order valence-electron chi connectivity index (χ3n) is 3.16. The molecular formula is C13H17N3O2S. The highest BCUT2D eigenvalue weighted by molar-refractivity contribution is 7.15. The van der Waals surface area contributed by atoms with E-state index in [1.807, 2.05) is 30.8 Å². The van der Waals surface area contributed by atoms with Crippen molar-refractivity contribution in [3.05, 3.63) is 22.3 Å². The molecule has 2 aromatic rings. The summed E-state index contributed by atoms with van der Waals surface area (Å²) in [4.78, 5) is 11.9. The Kier molecular flexibility index (Phi) is 3.61. The van der Waals surface area contributed by atoms with Crippen LogP contribution in [0.15, 0.2) is 5.38 Å². The van der Waals surface area contributed by atoms with Gasteiger partial charge in [0, 0.05) is 28.7 Å². The van der Waals surface area contributed by atoms with Gasteiger partial charge in [0.2, 0.25) is 0 Å². The number of nitrogen functional groups attached to an aromatic ring is 1.